The third-order valence-corrected chi connectivity index (χ3v) is 9.06. The number of nitrogens with one attached hydrogen (secondary N) is 1. The fourth-order valence-corrected chi connectivity index (χ4v) is 6.21. The van der Waals surface area contributed by atoms with Gasteiger partial charge in [-0.2, -0.15) is 8.42 Å². The van der Waals surface area contributed by atoms with Crippen LogP contribution in [-0.2, 0) is 23.8 Å². The Morgan fingerprint density at radius 2 is 1.26 bits per heavy atom. The van der Waals surface area contributed by atoms with Crippen LogP contribution in [0.3, 0.4) is 0 Å². The quantitative estimate of drug-likeness (QED) is 0.0587. The van der Waals surface area contributed by atoms with Crippen LogP contribution in [0, 0.1) is 5.92 Å². The number of carbonyl (C=O) groups is 1. The number of hydrogen-bond donors (Lipinski definition) is 3. The van der Waals surface area contributed by atoms with Crippen LogP contribution in [0.5, 0.6) is 11.5 Å². The second-order valence-electron chi connectivity index (χ2n) is 18.4. The van der Waals surface area contributed by atoms with Gasteiger partial charge in [0.1, 0.15) is 24.2 Å². The normalized spacial score (nSPS) is 14.3. The van der Waals surface area contributed by atoms with E-state index in [1.54, 1.807) is 20.8 Å². The van der Waals surface area contributed by atoms with Crippen LogP contribution in [0.15, 0.2) is 91.5 Å². The summed E-state index contributed by atoms with van der Waals surface area (Å²) in [6, 6.07) is 26.3. The van der Waals surface area contributed by atoms with Crippen molar-refractivity contribution in [3.8, 4) is 11.5 Å². The summed E-state index contributed by atoms with van der Waals surface area (Å²) >= 11 is 0. The molecule has 12 heteroatoms. The van der Waals surface area contributed by atoms with E-state index in [4.69, 9.17) is 14.2 Å². The molecule has 1 saturated heterocycles. The van der Waals surface area contributed by atoms with Crippen LogP contribution >= 0.6 is 0 Å². The molecule has 1 amide bonds. The Bertz CT molecular complexity index is 1850. The molecule has 3 N–H and O–H groups in total. The summed E-state index contributed by atoms with van der Waals surface area (Å²) in [7, 11) is -3.28. The molecule has 0 saturated carbocycles. The van der Waals surface area contributed by atoms with Crippen LogP contribution in [-0.4, -0.2) is 104 Å². The van der Waals surface area contributed by atoms with E-state index in [0.717, 1.165) is 39.8 Å². The monoisotopic (exact) mass is 869 g/mol. The molecule has 1 aliphatic rings. The van der Waals surface area contributed by atoms with Crippen molar-refractivity contribution in [1.82, 2.24) is 10.2 Å². The van der Waals surface area contributed by atoms with Gasteiger partial charge in [0.25, 0.3) is 10.1 Å². The number of hydrogen-bond acceptors (Lipinski definition) is 10. The SMILES string of the molecule is C/C(=C(/c1ccc(OCC(C)CO)cc1)c1ccc(OCC(O)COC(C)C)cc1)c1ccccc1.C=CC(=O)NC(C)(C)C.CC(C)(C)N1CC1.CC(C)(C)OS(C)(=O)=O. The molecule has 61 heavy (non-hydrogen) atoms. The molecule has 342 valence electrons. The molecule has 11 nitrogen and oxygen atoms in total. The molecule has 0 aromatic heterocycles. The molecule has 0 aliphatic carbocycles. The first kappa shape index (κ1) is 55.0. The number of aliphatic hydroxyl groups excluding tert-OH is 2. The topological polar surface area (TPSA) is 144 Å². The molecule has 2 unspecified atom stereocenters. The maximum atomic E-state index is 10.6. The molecule has 0 bridgehead atoms. The van der Waals surface area contributed by atoms with Crippen molar-refractivity contribution in [2.24, 2.45) is 5.92 Å². The maximum absolute atomic E-state index is 10.6. The second-order valence-corrected chi connectivity index (χ2v) is 19.9. The lowest BCUT2D eigenvalue weighted by atomic mass is 9.90. The summed E-state index contributed by atoms with van der Waals surface area (Å²) in [6.45, 7) is 32.5. The highest BCUT2D eigenvalue weighted by Gasteiger charge is 2.29. The van der Waals surface area contributed by atoms with Crippen molar-refractivity contribution < 1.29 is 41.8 Å². The van der Waals surface area contributed by atoms with Crippen molar-refractivity contribution in [1.29, 1.82) is 0 Å². The zero-order valence-corrected chi connectivity index (χ0v) is 40.2. The average molecular weight is 869 g/mol. The Morgan fingerprint density at radius 3 is 1.57 bits per heavy atom. The minimum atomic E-state index is -3.28. The van der Waals surface area contributed by atoms with Crippen molar-refractivity contribution in [2.75, 3.05) is 45.8 Å². The second kappa shape index (κ2) is 25.8. The summed E-state index contributed by atoms with van der Waals surface area (Å²) < 4.78 is 42.5. The van der Waals surface area contributed by atoms with E-state index in [9.17, 15) is 23.4 Å². The Morgan fingerprint density at radius 1 is 0.787 bits per heavy atom. The predicted octanol–water partition coefficient (Wildman–Crippen LogP) is 8.79. The summed E-state index contributed by atoms with van der Waals surface area (Å²) in [5.41, 5.74) is 5.27. The highest BCUT2D eigenvalue weighted by Crippen LogP contribution is 2.34. The number of rotatable bonds is 15. The predicted molar refractivity (Wildman–Crippen MR) is 250 cm³/mol. The van der Waals surface area contributed by atoms with Gasteiger partial charge in [-0.25, -0.2) is 0 Å². The van der Waals surface area contributed by atoms with E-state index in [0.29, 0.717) is 17.9 Å². The molecule has 1 fully saturated rings. The minimum absolute atomic E-state index is 0.0710. The summed E-state index contributed by atoms with van der Waals surface area (Å²) in [5, 5.41) is 22.0. The number of aliphatic hydroxyl groups is 2. The lowest BCUT2D eigenvalue weighted by Crippen LogP contribution is -2.39. The number of ether oxygens (including phenoxy) is 3. The number of amides is 1. The minimum Gasteiger partial charge on any atom is -0.493 e. The largest absolute Gasteiger partial charge is 0.493 e. The molecular formula is C49H76N2O9S. The van der Waals surface area contributed by atoms with Crippen LogP contribution < -0.4 is 14.8 Å². The molecule has 2 atom stereocenters. The van der Waals surface area contributed by atoms with Gasteiger partial charge in [-0.05, 0) is 141 Å². The molecule has 4 rings (SSSR count). The van der Waals surface area contributed by atoms with Gasteiger partial charge in [0.05, 0.1) is 31.2 Å². The van der Waals surface area contributed by atoms with Gasteiger partial charge in [-0.3, -0.25) is 13.9 Å². The molecule has 0 radical (unpaired) electrons. The van der Waals surface area contributed by atoms with Gasteiger partial charge in [-0.15, -0.1) is 0 Å². The number of nitrogens with zero attached hydrogens (tertiary/aromatic N) is 1. The van der Waals surface area contributed by atoms with Crippen LogP contribution in [0.4, 0.5) is 0 Å². The molecule has 0 spiro atoms. The lowest BCUT2D eigenvalue weighted by Gasteiger charge is -2.18. The Kier molecular flexibility index (Phi) is 23.2. The first-order valence-electron chi connectivity index (χ1n) is 20.9. The zero-order valence-electron chi connectivity index (χ0n) is 39.4. The van der Waals surface area contributed by atoms with E-state index < -0.39 is 21.8 Å². The van der Waals surface area contributed by atoms with Crippen molar-refractivity contribution in [3.05, 3.63) is 108 Å². The van der Waals surface area contributed by atoms with Crippen molar-refractivity contribution in [3.63, 3.8) is 0 Å². The fourth-order valence-electron chi connectivity index (χ4n) is 5.30. The highest BCUT2D eigenvalue weighted by molar-refractivity contribution is 7.86. The van der Waals surface area contributed by atoms with Gasteiger partial charge < -0.3 is 29.7 Å². The van der Waals surface area contributed by atoms with Gasteiger partial charge in [0, 0.05) is 36.7 Å². The molecule has 1 aliphatic heterocycles. The van der Waals surface area contributed by atoms with Crippen LogP contribution in [0.1, 0.15) is 107 Å². The van der Waals surface area contributed by atoms with Gasteiger partial charge in [0.2, 0.25) is 5.91 Å². The van der Waals surface area contributed by atoms with E-state index in [-0.39, 0.29) is 43.3 Å². The van der Waals surface area contributed by atoms with Crippen molar-refractivity contribution >= 4 is 27.2 Å². The van der Waals surface area contributed by atoms with E-state index in [2.05, 4.69) is 72.9 Å². The summed E-state index contributed by atoms with van der Waals surface area (Å²) in [4.78, 5) is 13.0. The van der Waals surface area contributed by atoms with Gasteiger partial charge in [0.15, 0.2) is 0 Å². The van der Waals surface area contributed by atoms with Crippen LogP contribution in [0.2, 0.25) is 0 Å². The lowest BCUT2D eigenvalue weighted by molar-refractivity contribution is -0.117. The van der Waals surface area contributed by atoms with E-state index >= 15 is 0 Å². The summed E-state index contributed by atoms with van der Waals surface area (Å²) in [5.74, 6) is 1.44. The fraction of sp³-hybridized carbons (Fsp3) is 0.531. The first-order valence-corrected chi connectivity index (χ1v) is 22.7. The first-order chi connectivity index (χ1) is 28.1. The number of benzene rings is 3. The highest BCUT2D eigenvalue weighted by atomic mass is 32.2. The van der Waals surface area contributed by atoms with Crippen molar-refractivity contribution in [2.45, 2.75) is 119 Å². The standard InChI is InChI=1S/C31H38O5.C7H13NO.C6H13N.C5H12O3S/c1-22(2)34-20-28(33)21-36-30-16-12-27(13-17-30)31(24(4)25-8-6-5-7-9-25)26-10-14-29(15-11-26)35-19-23(3)18-32;1-5-6(9)8-7(2,3)4;1-6(2,3)7-4-5-7;1-5(2,3)8-9(4,6)7/h5-17,22-23,28,32-33H,18-21H2,1-4H3;5H,1H2,2-4H3,(H,8,9);4-5H2,1-3H3;1-4H3/b31-24+;;;. The van der Waals surface area contributed by atoms with Crippen LogP contribution in [0.25, 0.3) is 11.1 Å². The molecule has 3 aromatic carbocycles. The maximum Gasteiger partial charge on any atom is 0.264 e. The third-order valence-electron chi connectivity index (χ3n) is 8.26. The molecule has 1 heterocycles. The Balaban J connectivity index is 0.000000597. The molecular weight excluding hydrogens is 793 g/mol. The van der Waals surface area contributed by atoms with E-state index in [1.165, 1.54) is 19.2 Å². The van der Waals surface area contributed by atoms with Gasteiger partial charge >= 0.3 is 0 Å². The Labute approximate surface area is 368 Å². The number of carbonyl (C=O) groups excluding carboxylic acids is 1. The summed E-state index contributed by atoms with van der Waals surface area (Å²) in [6.07, 6.45) is 1.70. The van der Waals surface area contributed by atoms with E-state index in [1.807, 2.05) is 96.1 Å². The zero-order chi connectivity index (χ0) is 46.6. The molecule has 3 aromatic rings. The third kappa shape index (κ3) is 26.1. The Hall–Kier alpha value is -4.04. The number of allylic oxidation sites excluding steroid dienone is 1. The van der Waals surface area contributed by atoms with Gasteiger partial charge in [-0.1, -0.05) is 68.1 Å². The average Bonchev–Trinajstić information content (AvgIpc) is 4.02. The smallest absolute Gasteiger partial charge is 0.264 e.